The van der Waals surface area contributed by atoms with Crippen LogP contribution in [0.3, 0.4) is 0 Å². The van der Waals surface area contributed by atoms with E-state index in [0.29, 0.717) is 34.8 Å². The molecule has 26 heavy (non-hydrogen) atoms. The highest BCUT2D eigenvalue weighted by Gasteiger charge is 2.23. The Bertz CT molecular complexity index is 805. The maximum absolute atomic E-state index is 12.6. The van der Waals surface area contributed by atoms with Gasteiger partial charge in [-0.1, -0.05) is 0 Å². The molecule has 0 saturated carbocycles. The van der Waals surface area contributed by atoms with Crippen LogP contribution in [0.1, 0.15) is 51.9 Å². The number of H-pyrrole nitrogens is 1. The minimum atomic E-state index is -0.422. The molecule has 1 aliphatic rings. The predicted molar refractivity (Wildman–Crippen MR) is 99.9 cm³/mol. The van der Waals surface area contributed by atoms with Gasteiger partial charge in [0.25, 0.3) is 5.91 Å². The van der Waals surface area contributed by atoms with Crippen molar-refractivity contribution in [2.45, 2.75) is 33.6 Å². The number of hydrogen-bond donors (Lipinski definition) is 2. The molecule has 0 spiro atoms. The molecule has 1 saturated heterocycles. The monoisotopic (exact) mass is 356 g/mol. The second-order valence-corrected chi connectivity index (χ2v) is 6.40. The normalized spacial score (nSPS) is 13.7. The summed E-state index contributed by atoms with van der Waals surface area (Å²) < 4.78 is 5.06. The van der Waals surface area contributed by atoms with Crippen LogP contribution < -0.4 is 10.2 Å². The van der Waals surface area contributed by atoms with Gasteiger partial charge < -0.3 is 19.9 Å². The quantitative estimate of drug-likeness (QED) is 0.804. The van der Waals surface area contributed by atoms with E-state index in [1.54, 1.807) is 27.0 Å². The number of carbonyl (C=O) groups is 2. The highest BCUT2D eigenvalue weighted by Crippen LogP contribution is 2.22. The molecule has 0 bridgehead atoms. The number of carbonyl (C=O) groups excluding carboxylic acids is 2. The molecule has 0 aromatic carbocycles. The van der Waals surface area contributed by atoms with Crippen LogP contribution in [0.25, 0.3) is 0 Å². The van der Waals surface area contributed by atoms with Gasteiger partial charge in [-0.15, -0.1) is 0 Å². The third-order valence-electron chi connectivity index (χ3n) is 4.58. The van der Waals surface area contributed by atoms with Crippen LogP contribution in [0.4, 0.5) is 11.5 Å². The van der Waals surface area contributed by atoms with Crippen LogP contribution in [-0.4, -0.2) is 41.5 Å². The van der Waals surface area contributed by atoms with Crippen molar-refractivity contribution in [2.75, 3.05) is 29.9 Å². The first-order chi connectivity index (χ1) is 12.5. The Morgan fingerprint density at radius 1 is 1.27 bits per heavy atom. The molecule has 3 rings (SSSR count). The Kier molecular flexibility index (Phi) is 5.25. The number of aryl methyl sites for hydroxylation is 1. The summed E-state index contributed by atoms with van der Waals surface area (Å²) in [6.07, 6.45) is 4.03. The fourth-order valence-corrected chi connectivity index (χ4v) is 3.27. The number of esters is 1. The lowest BCUT2D eigenvalue weighted by molar-refractivity contribution is 0.0525. The maximum atomic E-state index is 12.6. The molecule has 0 aliphatic carbocycles. The van der Waals surface area contributed by atoms with Gasteiger partial charge >= 0.3 is 5.97 Å². The molecule has 2 aromatic heterocycles. The molecule has 138 valence electrons. The third kappa shape index (κ3) is 3.56. The first-order valence-corrected chi connectivity index (χ1v) is 8.90. The van der Waals surface area contributed by atoms with Crippen molar-refractivity contribution in [3.63, 3.8) is 0 Å². The Morgan fingerprint density at radius 2 is 2.00 bits per heavy atom. The lowest BCUT2D eigenvalue weighted by Gasteiger charge is -2.16. The lowest BCUT2D eigenvalue weighted by atomic mass is 10.1. The molecular formula is C19H24N4O3. The third-order valence-corrected chi connectivity index (χ3v) is 4.58. The van der Waals surface area contributed by atoms with Gasteiger partial charge in [0.15, 0.2) is 0 Å². The van der Waals surface area contributed by atoms with Crippen LogP contribution in [-0.2, 0) is 4.74 Å². The van der Waals surface area contributed by atoms with E-state index in [1.165, 1.54) is 12.8 Å². The molecule has 0 atom stereocenters. The highest BCUT2D eigenvalue weighted by atomic mass is 16.5. The van der Waals surface area contributed by atoms with Gasteiger partial charge in [0.05, 0.1) is 24.1 Å². The lowest BCUT2D eigenvalue weighted by Crippen LogP contribution is -2.19. The molecule has 3 heterocycles. The van der Waals surface area contributed by atoms with Gasteiger partial charge in [0, 0.05) is 18.8 Å². The number of nitrogens with one attached hydrogen (secondary N) is 2. The summed E-state index contributed by atoms with van der Waals surface area (Å²) in [6, 6.07) is 3.76. The van der Waals surface area contributed by atoms with Crippen LogP contribution in [0.2, 0.25) is 0 Å². The van der Waals surface area contributed by atoms with E-state index in [2.05, 4.69) is 20.2 Å². The van der Waals surface area contributed by atoms with E-state index < -0.39 is 5.97 Å². The molecule has 1 fully saturated rings. The number of ether oxygens (including phenoxy) is 1. The van der Waals surface area contributed by atoms with Crippen molar-refractivity contribution >= 4 is 23.4 Å². The second kappa shape index (κ2) is 7.59. The molecule has 1 amide bonds. The summed E-state index contributed by atoms with van der Waals surface area (Å²) >= 11 is 0. The zero-order valence-corrected chi connectivity index (χ0v) is 15.4. The molecule has 1 aliphatic heterocycles. The number of amides is 1. The Labute approximate surface area is 152 Å². The number of rotatable bonds is 5. The molecule has 7 heteroatoms. The van der Waals surface area contributed by atoms with Gasteiger partial charge in [-0.3, -0.25) is 4.79 Å². The number of aromatic amines is 1. The first kappa shape index (κ1) is 18.0. The van der Waals surface area contributed by atoms with Crippen LogP contribution in [0, 0.1) is 13.8 Å². The van der Waals surface area contributed by atoms with Crippen LogP contribution in [0.15, 0.2) is 18.3 Å². The number of hydrogen-bond acceptors (Lipinski definition) is 5. The molecular weight excluding hydrogens is 332 g/mol. The van der Waals surface area contributed by atoms with Crippen LogP contribution in [0.5, 0.6) is 0 Å². The number of nitrogens with zero attached hydrogens (tertiary/aromatic N) is 2. The van der Waals surface area contributed by atoms with Gasteiger partial charge in [-0.25, -0.2) is 9.78 Å². The Morgan fingerprint density at radius 3 is 2.62 bits per heavy atom. The summed E-state index contributed by atoms with van der Waals surface area (Å²) in [5.74, 6) is 0.197. The van der Waals surface area contributed by atoms with Gasteiger partial charge in [0.1, 0.15) is 11.5 Å². The smallest absolute Gasteiger partial charge is 0.340 e. The minimum absolute atomic E-state index is 0.291. The van der Waals surface area contributed by atoms with Crippen LogP contribution >= 0.6 is 0 Å². The summed E-state index contributed by atoms with van der Waals surface area (Å²) in [6.45, 7) is 7.58. The van der Waals surface area contributed by atoms with Crippen molar-refractivity contribution in [2.24, 2.45) is 0 Å². The van der Waals surface area contributed by atoms with E-state index in [1.807, 2.05) is 12.1 Å². The SMILES string of the molecule is CCOC(=O)c1c(C)[nH]c(C(=O)Nc2ccc(N3CCCC3)nc2)c1C. The zero-order valence-electron chi connectivity index (χ0n) is 15.4. The Balaban J connectivity index is 1.74. The van der Waals surface area contributed by atoms with Gasteiger partial charge in [-0.05, 0) is 51.3 Å². The summed E-state index contributed by atoms with van der Waals surface area (Å²) in [5.41, 5.74) is 2.59. The molecule has 2 aromatic rings. The van der Waals surface area contributed by atoms with Crippen molar-refractivity contribution in [3.05, 3.63) is 40.8 Å². The van der Waals surface area contributed by atoms with Gasteiger partial charge in [0.2, 0.25) is 0 Å². The molecule has 0 unspecified atom stereocenters. The van der Waals surface area contributed by atoms with E-state index >= 15 is 0 Å². The number of pyridine rings is 1. The fraction of sp³-hybridized carbons (Fsp3) is 0.421. The topological polar surface area (TPSA) is 87.3 Å². The average molecular weight is 356 g/mol. The van der Waals surface area contributed by atoms with E-state index in [9.17, 15) is 9.59 Å². The molecule has 2 N–H and O–H groups in total. The van der Waals surface area contributed by atoms with E-state index in [-0.39, 0.29) is 5.91 Å². The summed E-state index contributed by atoms with van der Waals surface area (Å²) in [7, 11) is 0. The van der Waals surface area contributed by atoms with Crippen molar-refractivity contribution in [1.82, 2.24) is 9.97 Å². The molecule has 0 radical (unpaired) electrons. The standard InChI is InChI=1S/C19H24N4O3/c1-4-26-19(25)16-12(2)17(21-13(16)3)18(24)22-14-7-8-15(20-11-14)23-9-5-6-10-23/h7-8,11,21H,4-6,9-10H2,1-3H3,(H,22,24). The van der Waals surface area contributed by atoms with E-state index in [0.717, 1.165) is 18.9 Å². The average Bonchev–Trinajstić information content (AvgIpc) is 3.24. The number of anilines is 2. The second-order valence-electron chi connectivity index (χ2n) is 6.40. The largest absolute Gasteiger partial charge is 0.462 e. The minimum Gasteiger partial charge on any atom is -0.462 e. The van der Waals surface area contributed by atoms with Crippen molar-refractivity contribution in [1.29, 1.82) is 0 Å². The summed E-state index contributed by atoms with van der Waals surface area (Å²) in [5, 5.41) is 2.82. The van der Waals surface area contributed by atoms with E-state index in [4.69, 9.17) is 4.74 Å². The molecule has 7 nitrogen and oxygen atoms in total. The van der Waals surface area contributed by atoms with Crippen molar-refractivity contribution in [3.8, 4) is 0 Å². The van der Waals surface area contributed by atoms with Crippen molar-refractivity contribution < 1.29 is 14.3 Å². The Hall–Kier alpha value is -2.83. The maximum Gasteiger partial charge on any atom is 0.340 e. The first-order valence-electron chi connectivity index (χ1n) is 8.90. The zero-order chi connectivity index (χ0) is 18.7. The summed E-state index contributed by atoms with van der Waals surface area (Å²) in [4.78, 5) is 34.3. The predicted octanol–water partition coefficient (Wildman–Crippen LogP) is 3.06. The number of aromatic nitrogens is 2. The highest BCUT2D eigenvalue weighted by molar-refractivity contribution is 6.06. The van der Waals surface area contributed by atoms with Gasteiger partial charge in [-0.2, -0.15) is 0 Å². The fourth-order valence-electron chi connectivity index (χ4n) is 3.27.